The first-order chi connectivity index (χ1) is 11.5. The van der Waals surface area contributed by atoms with Crippen molar-refractivity contribution in [1.82, 2.24) is 4.90 Å². The summed E-state index contributed by atoms with van der Waals surface area (Å²) < 4.78 is 18.7. The lowest BCUT2D eigenvalue weighted by molar-refractivity contribution is -0.141. The van der Waals surface area contributed by atoms with Gasteiger partial charge in [-0.05, 0) is 24.1 Å². The molecule has 1 fully saturated rings. The zero-order chi connectivity index (χ0) is 17.3. The third-order valence-electron chi connectivity index (χ3n) is 4.27. The molecule has 0 radical (unpaired) electrons. The molecule has 0 spiro atoms. The molecule has 1 atom stereocenters. The molecule has 1 aromatic rings. The first-order valence-corrected chi connectivity index (χ1v) is 7.69. The van der Waals surface area contributed by atoms with Gasteiger partial charge in [-0.1, -0.05) is 6.07 Å². The van der Waals surface area contributed by atoms with Crippen LogP contribution in [-0.4, -0.2) is 47.2 Å². The molecule has 2 heterocycles. The lowest BCUT2D eigenvalue weighted by Crippen LogP contribution is -2.42. The lowest BCUT2D eigenvalue weighted by atomic mass is 10.0. The largest absolute Gasteiger partial charge is 0.481 e. The number of nitrogens with zero attached hydrogens (tertiary/aromatic N) is 2. The van der Waals surface area contributed by atoms with Crippen molar-refractivity contribution in [1.29, 1.82) is 0 Å². The molecule has 7 nitrogen and oxygen atoms in total. The number of carboxylic acid groups (broad SMARTS) is 1. The molecule has 128 valence electrons. The summed E-state index contributed by atoms with van der Waals surface area (Å²) in [6, 6.07) is 3.81. The van der Waals surface area contributed by atoms with E-state index in [9.17, 15) is 18.8 Å². The van der Waals surface area contributed by atoms with E-state index in [1.807, 2.05) is 0 Å². The van der Waals surface area contributed by atoms with Gasteiger partial charge >= 0.3 is 12.1 Å². The molecule has 2 aliphatic rings. The normalized spacial score (nSPS) is 19.9. The number of aliphatic carboxylic acids is 1. The number of halogens is 1. The number of amides is 2. The quantitative estimate of drug-likeness (QED) is 0.908. The molecule has 24 heavy (non-hydrogen) atoms. The summed E-state index contributed by atoms with van der Waals surface area (Å²) in [7, 11) is 0. The van der Waals surface area contributed by atoms with Crippen molar-refractivity contribution < 1.29 is 28.6 Å². The van der Waals surface area contributed by atoms with Crippen molar-refractivity contribution in [2.75, 3.05) is 18.1 Å². The maximum absolute atomic E-state index is 13.7. The van der Waals surface area contributed by atoms with Crippen molar-refractivity contribution in [3.63, 3.8) is 0 Å². The third-order valence-corrected chi connectivity index (χ3v) is 4.27. The van der Waals surface area contributed by atoms with Gasteiger partial charge in [-0.3, -0.25) is 14.5 Å². The number of carbonyl (C=O) groups is 3. The van der Waals surface area contributed by atoms with Gasteiger partial charge in [-0.2, -0.15) is 0 Å². The lowest BCUT2D eigenvalue weighted by Gasteiger charge is -2.32. The Hall–Kier alpha value is -2.64. The van der Waals surface area contributed by atoms with Crippen LogP contribution < -0.4 is 4.90 Å². The van der Waals surface area contributed by atoms with E-state index in [1.165, 1.54) is 23.1 Å². The van der Waals surface area contributed by atoms with Gasteiger partial charge in [0, 0.05) is 19.5 Å². The van der Waals surface area contributed by atoms with E-state index in [-0.39, 0.29) is 37.9 Å². The molecule has 1 saturated heterocycles. The second kappa shape index (κ2) is 6.46. The molecule has 2 amide bonds. The minimum Gasteiger partial charge on any atom is -0.481 e. The van der Waals surface area contributed by atoms with Gasteiger partial charge < -0.3 is 14.7 Å². The van der Waals surface area contributed by atoms with Crippen LogP contribution in [-0.2, 0) is 20.9 Å². The predicted molar refractivity (Wildman–Crippen MR) is 80.9 cm³/mol. The predicted octanol–water partition coefficient (Wildman–Crippen LogP) is 1.75. The molecule has 1 unspecified atom stereocenters. The highest BCUT2D eigenvalue weighted by Crippen LogP contribution is 2.32. The fourth-order valence-corrected chi connectivity index (χ4v) is 3.04. The summed E-state index contributed by atoms with van der Waals surface area (Å²) in [5, 5.41) is 8.73. The highest BCUT2D eigenvalue weighted by molar-refractivity contribution is 5.91. The van der Waals surface area contributed by atoms with Crippen LogP contribution in [0.4, 0.5) is 14.9 Å². The molecular weight excluding hydrogens is 319 g/mol. The van der Waals surface area contributed by atoms with Gasteiger partial charge in [-0.25, -0.2) is 9.18 Å². The highest BCUT2D eigenvalue weighted by atomic mass is 19.1. The summed E-state index contributed by atoms with van der Waals surface area (Å²) >= 11 is 0. The van der Waals surface area contributed by atoms with Crippen LogP contribution in [0.3, 0.4) is 0 Å². The Morgan fingerprint density at radius 3 is 2.88 bits per heavy atom. The SMILES string of the molecule is O=C(O)CCC(=O)N1CCC2COC(=O)N2c2cc(F)ccc2C1. The summed E-state index contributed by atoms with van der Waals surface area (Å²) in [6.45, 7) is 0.767. The monoisotopic (exact) mass is 336 g/mol. The molecule has 2 aliphatic heterocycles. The van der Waals surface area contributed by atoms with E-state index in [2.05, 4.69) is 0 Å². The minimum atomic E-state index is -1.03. The number of hydrogen-bond donors (Lipinski definition) is 1. The Morgan fingerprint density at radius 2 is 2.12 bits per heavy atom. The fraction of sp³-hybridized carbons (Fsp3) is 0.438. The van der Waals surface area contributed by atoms with Gasteiger partial charge in [0.1, 0.15) is 12.4 Å². The number of carboxylic acids is 1. The zero-order valence-corrected chi connectivity index (χ0v) is 12.9. The van der Waals surface area contributed by atoms with E-state index in [0.717, 1.165) is 0 Å². The first-order valence-electron chi connectivity index (χ1n) is 7.69. The third kappa shape index (κ3) is 3.17. The van der Waals surface area contributed by atoms with Crippen LogP contribution in [0.2, 0.25) is 0 Å². The maximum Gasteiger partial charge on any atom is 0.414 e. The standard InChI is InChI=1S/C16H17FN2O5/c17-11-2-1-10-8-18(14(20)3-4-15(21)22)6-5-12-9-24-16(23)19(12)13(10)7-11/h1-2,7,12H,3-6,8-9H2,(H,21,22). The Morgan fingerprint density at radius 1 is 1.33 bits per heavy atom. The molecule has 3 rings (SSSR count). The van der Waals surface area contributed by atoms with Crippen LogP contribution in [0.5, 0.6) is 0 Å². The van der Waals surface area contributed by atoms with Crippen LogP contribution in [0, 0.1) is 5.82 Å². The van der Waals surface area contributed by atoms with E-state index < -0.39 is 17.9 Å². The number of rotatable bonds is 3. The second-order valence-electron chi connectivity index (χ2n) is 5.87. The van der Waals surface area contributed by atoms with Crippen LogP contribution in [0.25, 0.3) is 0 Å². The van der Waals surface area contributed by atoms with E-state index in [0.29, 0.717) is 24.2 Å². The molecule has 8 heteroatoms. The van der Waals surface area contributed by atoms with Crippen molar-refractivity contribution in [2.24, 2.45) is 0 Å². The van der Waals surface area contributed by atoms with Crippen molar-refractivity contribution in [2.45, 2.75) is 31.8 Å². The summed E-state index contributed by atoms with van der Waals surface area (Å²) in [6.07, 6.45) is -0.351. The van der Waals surface area contributed by atoms with Gasteiger partial charge in [0.25, 0.3) is 0 Å². The number of carbonyl (C=O) groups excluding carboxylic acids is 2. The average molecular weight is 336 g/mol. The molecule has 0 bridgehead atoms. The molecule has 1 N–H and O–H groups in total. The number of fused-ring (bicyclic) bond motifs is 3. The summed E-state index contributed by atoms with van der Waals surface area (Å²) in [5.74, 6) is -1.78. The average Bonchev–Trinajstić information content (AvgIpc) is 2.88. The van der Waals surface area contributed by atoms with E-state index in [1.54, 1.807) is 4.90 Å². The Labute approximate surface area is 137 Å². The van der Waals surface area contributed by atoms with Crippen molar-refractivity contribution >= 4 is 23.7 Å². The smallest absolute Gasteiger partial charge is 0.414 e. The molecule has 0 saturated carbocycles. The van der Waals surface area contributed by atoms with Gasteiger partial charge in [0.05, 0.1) is 18.2 Å². The molecule has 0 aliphatic carbocycles. The summed E-state index contributed by atoms with van der Waals surface area (Å²) in [4.78, 5) is 37.9. The zero-order valence-electron chi connectivity index (χ0n) is 12.9. The van der Waals surface area contributed by atoms with E-state index >= 15 is 0 Å². The number of ether oxygens (including phenoxy) is 1. The number of benzene rings is 1. The van der Waals surface area contributed by atoms with Crippen LogP contribution in [0.1, 0.15) is 24.8 Å². The van der Waals surface area contributed by atoms with Gasteiger partial charge in [0.15, 0.2) is 0 Å². The minimum absolute atomic E-state index is 0.0876. The van der Waals surface area contributed by atoms with Gasteiger partial charge in [0.2, 0.25) is 5.91 Å². The molecule has 1 aromatic carbocycles. The summed E-state index contributed by atoms with van der Waals surface area (Å²) in [5.41, 5.74) is 1.03. The molecule has 0 aromatic heterocycles. The van der Waals surface area contributed by atoms with Gasteiger partial charge in [-0.15, -0.1) is 0 Å². The van der Waals surface area contributed by atoms with Crippen molar-refractivity contribution in [3.8, 4) is 0 Å². The Balaban J connectivity index is 1.89. The first kappa shape index (κ1) is 16.2. The van der Waals surface area contributed by atoms with Crippen molar-refractivity contribution in [3.05, 3.63) is 29.6 Å². The number of hydrogen-bond acceptors (Lipinski definition) is 4. The topological polar surface area (TPSA) is 87.1 Å². The van der Waals surface area contributed by atoms with E-state index in [4.69, 9.17) is 9.84 Å². The van der Waals surface area contributed by atoms with Crippen LogP contribution in [0.15, 0.2) is 18.2 Å². The molecular formula is C16H17FN2O5. The maximum atomic E-state index is 13.7. The number of anilines is 1. The fourth-order valence-electron chi connectivity index (χ4n) is 3.04. The Bertz CT molecular complexity index is 693. The number of cyclic esters (lactones) is 1. The Kier molecular flexibility index (Phi) is 4.37. The van der Waals surface area contributed by atoms with Crippen LogP contribution >= 0.6 is 0 Å². The second-order valence-corrected chi connectivity index (χ2v) is 5.87. The highest BCUT2D eigenvalue weighted by Gasteiger charge is 2.37.